The van der Waals surface area contributed by atoms with Gasteiger partial charge in [0.05, 0.1) is 17.2 Å². The highest BCUT2D eigenvalue weighted by Gasteiger charge is 2.29. The fourth-order valence-electron chi connectivity index (χ4n) is 2.56. The maximum absolute atomic E-state index is 12.4. The summed E-state index contributed by atoms with van der Waals surface area (Å²) in [5.74, 6) is -0.226. The smallest absolute Gasteiger partial charge is 0.335 e. The Hall–Kier alpha value is -2.02. The van der Waals surface area contributed by atoms with Gasteiger partial charge >= 0.3 is 5.97 Å². The summed E-state index contributed by atoms with van der Waals surface area (Å²) < 4.78 is 0. The normalized spacial score (nSPS) is 17.2. The van der Waals surface area contributed by atoms with E-state index in [2.05, 4.69) is 0 Å². The highest BCUT2D eigenvalue weighted by molar-refractivity contribution is 8.00. The summed E-state index contributed by atoms with van der Waals surface area (Å²) in [6, 6.07) is 4.84. The van der Waals surface area contributed by atoms with Crippen LogP contribution in [-0.2, 0) is 16.0 Å². The molecule has 0 aliphatic carbocycles. The third-order valence-electron chi connectivity index (χ3n) is 3.68. The lowest BCUT2D eigenvalue weighted by Crippen LogP contribution is -2.40. The van der Waals surface area contributed by atoms with Crippen LogP contribution in [0.2, 0.25) is 0 Å². The number of thioether (sulfide) groups is 1. The van der Waals surface area contributed by atoms with Crippen LogP contribution in [0.15, 0.2) is 18.2 Å². The monoisotopic (exact) mass is 306 g/mol. The molecule has 0 atom stereocenters. The molecule has 6 nitrogen and oxygen atoms in total. The molecular formula is C14H14N2O4S. The van der Waals surface area contributed by atoms with E-state index in [1.54, 1.807) is 17.0 Å². The molecular weight excluding hydrogens is 292 g/mol. The zero-order chi connectivity index (χ0) is 15.0. The van der Waals surface area contributed by atoms with Gasteiger partial charge in [-0.05, 0) is 24.1 Å². The first-order valence-electron chi connectivity index (χ1n) is 6.58. The fraction of sp³-hybridized carbons (Fsp3) is 0.357. The van der Waals surface area contributed by atoms with Crippen molar-refractivity contribution < 1.29 is 19.5 Å². The summed E-state index contributed by atoms with van der Waals surface area (Å²) in [5, 5.41) is 9.05. The average Bonchev–Trinajstić information content (AvgIpc) is 3.04. The van der Waals surface area contributed by atoms with Gasteiger partial charge in [-0.2, -0.15) is 0 Å². The molecule has 0 saturated carbocycles. The Labute approximate surface area is 125 Å². The second-order valence-electron chi connectivity index (χ2n) is 5.01. The molecule has 2 aliphatic heterocycles. The zero-order valence-corrected chi connectivity index (χ0v) is 12.1. The van der Waals surface area contributed by atoms with Gasteiger partial charge in [0, 0.05) is 12.2 Å². The second kappa shape index (κ2) is 5.40. The van der Waals surface area contributed by atoms with Crippen LogP contribution in [-0.4, -0.2) is 52.5 Å². The highest BCUT2D eigenvalue weighted by atomic mass is 32.2. The van der Waals surface area contributed by atoms with Crippen molar-refractivity contribution in [1.82, 2.24) is 4.90 Å². The maximum atomic E-state index is 12.4. The lowest BCUT2D eigenvalue weighted by atomic mass is 10.1. The number of rotatable bonds is 3. The molecule has 110 valence electrons. The van der Waals surface area contributed by atoms with Gasteiger partial charge < -0.3 is 14.9 Å². The summed E-state index contributed by atoms with van der Waals surface area (Å²) >= 11 is 1.49. The average molecular weight is 306 g/mol. The van der Waals surface area contributed by atoms with Gasteiger partial charge in [0.2, 0.25) is 11.8 Å². The van der Waals surface area contributed by atoms with Crippen LogP contribution in [0.25, 0.3) is 0 Å². The number of carbonyl (C=O) groups is 3. The van der Waals surface area contributed by atoms with Gasteiger partial charge in [-0.25, -0.2) is 4.79 Å². The molecule has 0 spiro atoms. The molecule has 1 fully saturated rings. The minimum absolute atomic E-state index is 0.0212. The van der Waals surface area contributed by atoms with Gasteiger partial charge in [0.25, 0.3) is 0 Å². The van der Waals surface area contributed by atoms with Crippen molar-refractivity contribution >= 4 is 35.2 Å². The van der Waals surface area contributed by atoms with E-state index in [0.29, 0.717) is 30.3 Å². The summed E-state index contributed by atoms with van der Waals surface area (Å²) in [7, 11) is 0. The highest BCUT2D eigenvalue weighted by Crippen LogP contribution is 2.29. The Balaban J connectivity index is 1.79. The molecule has 1 aromatic carbocycles. The topological polar surface area (TPSA) is 77.9 Å². The molecule has 21 heavy (non-hydrogen) atoms. The number of carboxylic acids is 1. The summed E-state index contributed by atoms with van der Waals surface area (Å²) in [6.45, 7) is 0.592. The van der Waals surface area contributed by atoms with Crippen molar-refractivity contribution in [3.8, 4) is 0 Å². The first-order valence-corrected chi connectivity index (χ1v) is 7.74. The number of carboxylic acid groups (broad SMARTS) is 1. The Bertz CT molecular complexity index is 631. The lowest BCUT2D eigenvalue weighted by molar-refractivity contribution is -0.131. The van der Waals surface area contributed by atoms with Gasteiger partial charge in [-0.1, -0.05) is 6.07 Å². The molecule has 0 aromatic heterocycles. The third-order valence-corrected chi connectivity index (χ3v) is 4.63. The Morgan fingerprint density at radius 3 is 2.81 bits per heavy atom. The standard InChI is InChI=1S/C14H14N2O4S/c17-12(6-15-8-21-7-13(15)18)16-4-3-9-1-2-10(14(19)20)5-11(9)16/h1-2,5H,3-4,6-8H2,(H,19,20). The van der Waals surface area contributed by atoms with Crippen LogP contribution in [0.4, 0.5) is 5.69 Å². The van der Waals surface area contributed by atoms with Crippen molar-refractivity contribution in [2.24, 2.45) is 0 Å². The van der Waals surface area contributed by atoms with E-state index in [1.165, 1.54) is 22.7 Å². The van der Waals surface area contributed by atoms with Crippen molar-refractivity contribution in [2.45, 2.75) is 6.42 Å². The predicted molar refractivity (Wildman–Crippen MR) is 78.5 cm³/mol. The summed E-state index contributed by atoms with van der Waals surface area (Å²) in [6.07, 6.45) is 0.712. The second-order valence-corrected chi connectivity index (χ2v) is 5.97. The van der Waals surface area contributed by atoms with E-state index < -0.39 is 5.97 Å². The van der Waals surface area contributed by atoms with Crippen LogP contribution in [0.5, 0.6) is 0 Å². The van der Waals surface area contributed by atoms with Crippen LogP contribution < -0.4 is 4.90 Å². The number of anilines is 1. The molecule has 1 saturated heterocycles. The SMILES string of the molecule is O=C(O)c1ccc2c(c1)N(C(=O)CN1CSCC1=O)CC2. The molecule has 2 amide bonds. The zero-order valence-electron chi connectivity index (χ0n) is 11.2. The van der Waals surface area contributed by atoms with E-state index in [0.717, 1.165) is 5.56 Å². The van der Waals surface area contributed by atoms with Crippen molar-refractivity contribution in [2.75, 3.05) is 29.6 Å². The van der Waals surface area contributed by atoms with Gasteiger partial charge in [-0.15, -0.1) is 11.8 Å². The van der Waals surface area contributed by atoms with Crippen molar-refractivity contribution in [1.29, 1.82) is 0 Å². The van der Waals surface area contributed by atoms with Crippen LogP contribution in [0.3, 0.4) is 0 Å². The van der Waals surface area contributed by atoms with E-state index in [-0.39, 0.29) is 23.9 Å². The number of benzene rings is 1. The maximum Gasteiger partial charge on any atom is 0.335 e. The Morgan fingerprint density at radius 1 is 1.33 bits per heavy atom. The molecule has 1 aromatic rings. The number of aromatic carboxylic acids is 1. The van der Waals surface area contributed by atoms with Crippen molar-refractivity contribution in [3.05, 3.63) is 29.3 Å². The molecule has 3 rings (SSSR count). The predicted octanol–water partition coefficient (Wildman–Crippen LogP) is 0.807. The first kappa shape index (κ1) is 13.9. The third kappa shape index (κ3) is 2.61. The quantitative estimate of drug-likeness (QED) is 0.894. The Morgan fingerprint density at radius 2 is 2.14 bits per heavy atom. The number of carbonyl (C=O) groups excluding carboxylic acids is 2. The van der Waals surface area contributed by atoms with E-state index >= 15 is 0 Å². The molecule has 1 N–H and O–H groups in total. The van der Waals surface area contributed by atoms with E-state index in [4.69, 9.17) is 5.11 Å². The van der Waals surface area contributed by atoms with Crippen LogP contribution in [0.1, 0.15) is 15.9 Å². The van der Waals surface area contributed by atoms with E-state index in [1.807, 2.05) is 0 Å². The number of hydrogen-bond donors (Lipinski definition) is 1. The lowest BCUT2D eigenvalue weighted by Gasteiger charge is -2.21. The number of nitrogens with zero attached hydrogens (tertiary/aromatic N) is 2. The van der Waals surface area contributed by atoms with E-state index in [9.17, 15) is 14.4 Å². The summed E-state index contributed by atoms with van der Waals surface area (Å²) in [5.41, 5.74) is 1.79. The van der Waals surface area contributed by atoms with Crippen LogP contribution in [0, 0.1) is 0 Å². The number of hydrogen-bond acceptors (Lipinski definition) is 4. The Kier molecular flexibility index (Phi) is 3.59. The van der Waals surface area contributed by atoms with Crippen molar-refractivity contribution in [3.63, 3.8) is 0 Å². The molecule has 7 heteroatoms. The molecule has 0 radical (unpaired) electrons. The molecule has 2 heterocycles. The van der Waals surface area contributed by atoms with Gasteiger partial charge in [0.1, 0.15) is 6.54 Å². The minimum Gasteiger partial charge on any atom is -0.478 e. The largest absolute Gasteiger partial charge is 0.478 e. The van der Waals surface area contributed by atoms with Crippen LogP contribution >= 0.6 is 11.8 Å². The summed E-state index contributed by atoms with van der Waals surface area (Å²) in [4.78, 5) is 38.1. The fourth-order valence-corrected chi connectivity index (χ4v) is 3.46. The van der Waals surface area contributed by atoms with Gasteiger partial charge in [-0.3, -0.25) is 9.59 Å². The number of fused-ring (bicyclic) bond motifs is 1. The van der Waals surface area contributed by atoms with Gasteiger partial charge in [0.15, 0.2) is 0 Å². The molecule has 2 aliphatic rings. The minimum atomic E-state index is -1.01. The first-order chi connectivity index (χ1) is 10.1. The molecule has 0 bridgehead atoms. The number of amides is 2. The molecule has 0 unspecified atom stereocenters.